The molecule has 0 amide bonds. The van der Waals surface area contributed by atoms with Crippen molar-refractivity contribution in [3.63, 3.8) is 0 Å². The Morgan fingerprint density at radius 2 is 1.71 bits per heavy atom. The minimum absolute atomic E-state index is 0. The van der Waals surface area contributed by atoms with Crippen LogP contribution in [0, 0.1) is 0 Å². The Balaban J connectivity index is 0.00000220. The third-order valence-corrected chi connectivity index (χ3v) is 3.01. The standard InChI is InChI=1S/C16H17ClN2O.ClH/c17-14-6-8-15(9-7-14)20-12-16(18)19-11-10-13-4-2-1-3-5-13;/h1-9H,10-12H2,(H2,18,19);1H. The first kappa shape index (κ1) is 17.3. The number of hydrogen-bond donors (Lipinski definition) is 1. The lowest BCUT2D eigenvalue weighted by Gasteiger charge is -2.06. The van der Waals surface area contributed by atoms with Gasteiger partial charge in [0.05, 0.1) is 0 Å². The Hall–Kier alpha value is -1.71. The maximum absolute atomic E-state index is 5.81. The predicted molar refractivity (Wildman–Crippen MR) is 90.8 cm³/mol. The van der Waals surface area contributed by atoms with Crippen LogP contribution in [0.15, 0.2) is 59.6 Å². The Labute approximate surface area is 136 Å². The van der Waals surface area contributed by atoms with E-state index in [4.69, 9.17) is 22.1 Å². The molecule has 2 rings (SSSR count). The molecule has 0 heterocycles. The largest absolute Gasteiger partial charge is 0.486 e. The average Bonchev–Trinajstić information content (AvgIpc) is 2.48. The second kappa shape index (κ2) is 9.27. The Morgan fingerprint density at radius 1 is 1.05 bits per heavy atom. The van der Waals surface area contributed by atoms with E-state index in [1.54, 1.807) is 24.3 Å². The summed E-state index contributed by atoms with van der Waals surface area (Å²) in [5.74, 6) is 1.23. The maximum atomic E-state index is 5.81. The van der Waals surface area contributed by atoms with E-state index in [0.717, 1.165) is 12.2 Å². The summed E-state index contributed by atoms with van der Waals surface area (Å²) in [6.07, 6.45) is 0.877. The van der Waals surface area contributed by atoms with Crippen LogP contribution in [-0.2, 0) is 6.42 Å². The van der Waals surface area contributed by atoms with Crippen molar-refractivity contribution in [2.45, 2.75) is 6.42 Å². The molecule has 0 saturated carbocycles. The molecule has 112 valence electrons. The molecule has 0 spiro atoms. The van der Waals surface area contributed by atoms with Crippen LogP contribution in [0.3, 0.4) is 0 Å². The second-order valence-corrected chi connectivity index (χ2v) is 4.79. The molecular formula is C16H18Cl2N2O. The molecule has 0 aliphatic heterocycles. The highest BCUT2D eigenvalue weighted by Crippen LogP contribution is 2.15. The highest BCUT2D eigenvalue weighted by atomic mass is 35.5. The number of aliphatic imine (C=N–C) groups is 1. The fourth-order valence-electron chi connectivity index (χ4n) is 1.71. The number of benzene rings is 2. The zero-order valence-corrected chi connectivity index (χ0v) is 13.1. The first-order valence-corrected chi connectivity index (χ1v) is 6.83. The van der Waals surface area contributed by atoms with Crippen LogP contribution in [0.2, 0.25) is 5.02 Å². The molecule has 2 N–H and O–H groups in total. The lowest BCUT2D eigenvalue weighted by molar-refractivity contribution is 0.375. The molecule has 2 aromatic carbocycles. The summed E-state index contributed by atoms with van der Waals surface area (Å²) in [5.41, 5.74) is 7.07. The predicted octanol–water partition coefficient (Wildman–Crippen LogP) is 3.74. The molecule has 0 saturated heterocycles. The molecule has 0 aliphatic rings. The molecule has 0 unspecified atom stereocenters. The van der Waals surface area contributed by atoms with E-state index in [0.29, 0.717) is 17.4 Å². The van der Waals surface area contributed by atoms with E-state index in [1.165, 1.54) is 5.56 Å². The van der Waals surface area contributed by atoms with Crippen molar-refractivity contribution in [1.29, 1.82) is 0 Å². The summed E-state index contributed by atoms with van der Waals surface area (Å²) in [6, 6.07) is 17.4. The smallest absolute Gasteiger partial charge is 0.145 e. The van der Waals surface area contributed by atoms with Gasteiger partial charge in [-0.15, -0.1) is 12.4 Å². The van der Waals surface area contributed by atoms with Crippen molar-refractivity contribution in [2.24, 2.45) is 10.7 Å². The van der Waals surface area contributed by atoms with E-state index in [-0.39, 0.29) is 19.0 Å². The zero-order chi connectivity index (χ0) is 14.2. The van der Waals surface area contributed by atoms with Crippen LogP contribution in [0.1, 0.15) is 5.56 Å². The van der Waals surface area contributed by atoms with Gasteiger partial charge >= 0.3 is 0 Å². The van der Waals surface area contributed by atoms with E-state index in [9.17, 15) is 0 Å². The molecule has 2 aromatic rings. The van der Waals surface area contributed by atoms with Gasteiger partial charge < -0.3 is 10.5 Å². The molecule has 0 aromatic heterocycles. The van der Waals surface area contributed by atoms with Crippen molar-refractivity contribution in [2.75, 3.05) is 13.2 Å². The number of amidine groups is 1. The molecule has 0 aliphatic carbocycles. The van der Waals surface area contributed by atoms with Gasteiger partial charge in [0.1, 0.15) is 18.2 Å². The zero-order valence-electron chi connectivity index (χ0n) is 11.5. The quantitative estimate of drug-likeness (QED) is 0.650. The van der Waals surface area contributed by atoms with Crippen LogP contribution in [-0.4, -0.2) is 19.0 Å². The van der Waals surface area contributed by atoms with Crippen LogP contribution in [0.4, 0.5) is 0 Å². The number of nitrogens with zero attached hydrogens (tertiary/aromatic N) is 1. The van der Waals surface area contributed by atoms with Crippen molar-refractivity contribution in [1.82, 2.24) is 0 Å². The highest BCUT2D eigenvalue weighted by molar-refractivity contribution is 6.30. The normalized spacial score (nSPS) is 10.8. The van der Waals surface area contributed by atoms with Gasteiger partial charge in [-0.05, 0) is 36.2 Å². The van der Waals surface area contributed by atoms with Crippen LogP contribution >= 0.6 is 24.0 Å². The number of ether oxygens (including phenoxy) is 1. The molecule has 21 heavy (non-hydrogen) atoms. The first-order chi connectivity index (χ1) is 9.74. The lowest BCUT2D eigenvalue weighted by atomic mass is 10.2. The molecule has 3 nitrogen and oxygen atoms in total. The summed E-state index contributed by atoms with van der Waals surface area (Å²) in [7, 11) is 0. The SMILES string of the molecule is Cl.NC(COc1ccc(Cl)cc1)=NCCc1ccccc1. The molecule has 0 bridgehead atoms. The third kappa shape index (κ3) is 6.52. The second-order valence-electron chi connectivity index (χ2n) is 4.35. The molecule has 0 atom stereocenters. The van der Waals surface area contributed by atoms with Crippen LogP contribution < -0.4 is 10.5 Å². The van der Waals surface area contributed by atoms with Crippen molar-refractivity contribution < 1.29 is 4.74 Å². The molecular weight excluding hydrogens is 307 g/mol. The minimum atomic E-state index is 0. The van der Waals surface area contributed by atoms with Crippen molar-refractivity contribution in [3.8, 4) is 5.75 Å². The topological polar surface area (TPSA) is 47.6 Å². The van der Waals surface area contributed by atoms with Crippen LogP contribution in [0.25, 0.3) is 0 Å². The number of rotatable bonds is 6. The van der Waals surface area contributed by atoms with Gasteiger partial charge in [-0.1, -0.05) is 41.9 Å². The maximum Gasteiger partial charge on any atom is 0.145 e. The minimum Gasteiger partial charge on any atom is -0.486 e. The fraction of sp³-hybridized carbons (Fsp3) is 0.188. The van der Waals surface area contributed by atoms with Gasteiger partial charge in [-0.2, -0.15) is 0 Å². The molecule has 0 fully saturated rings. The van der Waals surface area contributed by atoms with Gasteiger partial charge in [0, 0.05) is 11.6 Å². The van der Waals surface area contributed by atoms with Crippen molar-refractivity contribution in [3.05, 3.63) is 65.2 Å². The number of hydrogen-bond acceptors (Lipinski definition) is 2. The molecule has 5 heteroatoms. The third-order valence-electron chi connectivity index (χ3n) is 2.76. The Bertz CT molecular complexity index is 556. The van der Waals surface area contributed by atoms with Gasteiger partial charge in [0.2, 0.25) is 0 Å². The van der Waals surface area contributed by atoms with Gasteiger partial charge in [-0.3, -0.25) is 4.99 Å². The summed E-state index contributed by atoms with van der Waals surface area (Å²) < 4.78 is 5.51. The van der Waals surface area contributed by atoms with Gasteiger partial charge in [0.15, 0.2) is 0 Å². The van der Waals surface area contributed by atoms with Crippen molar-refractivity contribution >= 4 is 29.8 Å². The van der Waals surface area contributed by atoms with Crippen LogP contribution in [0.5, 0.6) is 5.75 Å². The van der Waals surface area contributed by atoms with E-state index in [1.807, 2.05) is 18.2 Å². The highest BCUT2D eigenvalue weighted by Gasteiger charge is 1.97. The van der Waals surface area contributed by atoms with E-state index >= 15 is 0 Å². The van der Waals surface area contributed by atoms with E-state index in [2.05, 4.69) is 17.1 Å². The van der Waals surface area contributed by atoms with Gasteiger partial charge in [0.25, 0.3) is 0 Å². The first-order valence-electron chi connectivity index (χ1n) is 6.45. The average molecular weight is 325 g/mol. The monoisotopic (exact) mass is 324 g/mol. The summed E-state index contributed by atoms with van der Waals surface area (Å²) in [4.78, 5) is 4.30. The Morgan fingerprint density at radius 3 is 2.38 bits per heavy atom. The Kier molecular flexibility index (Phi) is 7.65. The van der Waals surface area contributed by atoms with Gasteiger partial charge in [-0.25, -0.2) is 0 Å². The summed E-state index contributed by atoms with van der Waals surface area (Å²) >= 11 is 5.80. The molecule has 0 radical (unpaired) electrons. The number of nitrogens with two attached hydrogens (primary N) is 1. The number of halogens is 2. The lowest BCUT2D eigenvalue weighted by Crippen LogP contribution is -2.21. The summed E-state index contributed by atoms with van der Waals surface area (Å²) in [5, 5.41) is 0.682. The van der Waals surface area contributed by atoms with E-state index < -0.39 is 0 Å². The summed E-state index contributed by atoms with van der Waals surface area (Å²) in [6.45, 7) is 0.955. The fourth-order valence-corrected chi connectivity index (χ4v) is 1.83.